The first-order valence-corrected chi connectivity index (χ1v) is 16.9. The van der Waals surface area contributed by atoms with E-state index >= 15 is 0 Å². The number of rotatable bonds is 30. The Morgan fingerprint density at radius 2 is 0.974 bits per heavy atom. The molecule has 4 nitrogen and oxygen atoms in total. The lowest BCUT2D eigenvalue weighted by Gasteiger charge is -2.20. The maximum Gasteiger partial charge on any atom is 0.220 e. The zero-order valence-corrected chi connectivity index (χ0v) is 25.7. The fourth-order valence-corrected chi connectivity index (χ4v) is 5.12. The van der Waals surface area contributed by atoms with Crippen LogP contribution in [0.1, 0.15) is 181 Å². The molecule has 4 heteroatoms. The van der Waals surface area contributed by atoms with E-state index in [1.54, 1.807) is 6.08 Å². The number of nitrogens with one attached hydrogen (secondary N) is 1. The molecule has 0 fully saturated rings. The van der Waals surface area contributed by atoms with Crippen molar-refractivity contribution < 1.29 is 15.0 Å². The number of hydrogen-bond donors (Lipinski definition) is 3. The van der Waals surface area contributed by atoms with Crippen LogP contribution in [0, 0.1) is 0 Å². The molecule has 0 unspecified atom stereocenters. The van der Waals surface area contributed by atoms with Crippen molar-refractivity contribution in [2.24, 2.45) is 0 Å². The van der Waals surface area contributed by atoms with Crippen molar-refractivity contribution in [1.29, 1.82) is 0 Å². The first-order valence-electron chi connectivity index (χ1n) is 16.9. The maximum atomic E-state index is 12.2. The smallest absolute Gasteiger partial charge is 0.220 e. The molecule has 3 N–H and O–H groups in total. The van der Waals surface area contributed by atoms with E-state index in [2.05, 4.69) is 19.2 Å². The summed E-state index contributed by atoms with van der Waals surface area (Å²) in [6.07, 6.45) is 35.7. The van der Waals surface area contributed by atoms with E-state index in [1.807, 2.05) is 6.08 Å². The van der Waals surface area contributed by atoms with Crippen LogP contribution in [-0.2, 0) is 4.79 Å². The van der Waals surface area contributed by atoms with E-state index in [9.17, 15) is 15.0 Å². The average molecular weight is 538 g/mol. The lowest BCUT2D eigenvalue weighted by Crippen LogP contribution is -2.45. The molecule has 0 aromatic heterocycles. The zero-order valence-electron chi connectivity index (χ0n) is 25.7. The molecule has 0 heterocycles. The predicted octanol–water partition coefficient (Wildman–Crippen LogP) is 9.56. The van der Waals surface area contributed by atoms with Gasteiger partial charge in [0.1, 0.15) is 0 Å². The van der Waals surface area contributed by atoms with E-state index in [0.29, 0.717) is 6.42 Å². The topological polar surface area (TPSA) is 69.6 Å². The Morgan fingerprint density at radius 1 is 0.605 bits per heavy atom. The summed E-state index contributed by atoms with van der Waals surface area (Å²) in [6.45, 7) is 4.29. The minimum atomic E-state index is -0.830. The quantitative estimate of drug-likeness (QED) is 0.0631. The summed E-state index contributed by atoms with van der Waals surface area (Å²) in [5, 5.41) is 22.8. The van der Waals surface area contributed by atoms with Gasteiger partial charge in [0.25, 0.3) is 0 Å². The molecular weight excluding hydrogens is 470 g/mol. The van der Waals surface area contributed by atoms with Crippen molar-refractivity contribution in [1.82, 2.24) is 5.32 Å². The van der Waals surface area contributed by atoms with Crippen LogP contribution in [0.3, 0.4) is 0 Å². The highest BCUT2D eigenvalue weighted by molar-refractivity contribution is 5.76. The fraction of sp³-hybridized carbons (Fsp3) is 0.912. The fourth-order valence-electron chi connectivity index (χ4n) is 5.12. The molecule has 0 aliphatic carbocycles. The lowest BCUT2D eigenvalue weighted by atomic mass is 10.0. The van der Waals surface area contributed by atoms with Crippen LogP contribution < -0.4 is 5.32 Å². The predicted molar refractivity (Wildman–Crippen MR) is 166 cm³/mol. The standard InChI is InChI=1S/C34H67NO3/c1-3-5-7-9-11-13-15-17-19-21-23-25-27-29-33(37)32(31-36)35-34(38)30-28-26-24-22-20-18-16-14-12-10-8-6-4-2/h27,29,32-33,36-37H,3-26,28,30-31H2,1-2H3,(H,35,38)/b29-27+/t32-,33-/m0/s1. The Balaban J connectivity index is 3.63. The largest absolute Gasteiger partial charge is 0.394 e. The van der Waals surface area contributed by atoms with Gasteiger partial charge in [-0.05, 0) is 19.3 Å². The van der Waals surface area contributed by atoms with Gasteiger partial charge in [-0.1, -0.05) is 167 Å². The third-order valence-electron chi connectivity index (χ3n) is 7.77. The Kier molecular flexibility index (Phi) is 30.0. The first kappa shape index (κ1) is 37.1. The third-order valence-corrected chi connectivity index (χ3v) is 7.77. The summed E-state index contributed by atoms with van der Waals surface area (Å²) in [7, 11) is 0. The minimum absolute atomic E-state index is 0.0649. The molecule has 0 aliphatic heterocycles. The second kappa shape index (κ2) is 30.7. The lowest BCUT2D eigenvalue weighted by molar-refractivity contribution is -0.123. The number of unbranched alkanes of at least 4 members (excludes halogenated alkanes) is 23. The van der Waals surface area contributed by atoms with Crippen molar-refractivity contribution in [3.05, 3.63) is 12.2 Å². The Morgan fingerprint density at radius 3 is 1.37 bits per heavy atom. The van der Waals surface area contributed by atoms with Crippen molar-refractivity contribution in [3.8, 4) is 0 Å². The molecule has 38 heavy (non-hydrogen) atoms. The number of aliphatic hydroxyl groups is 2. The van der Waals surface area contributed by atoms with E-state index in [4.69, 9.17) is 0 Å². The first-order chi connectivity index (χ1) is 18.7. The summed E-state index contributed by atoms with van der Waals surface area (Å²) in [5.41, 5.74) is 0. The number of allylic oxidation sites excluding steroid dienone is 1. The third kappa shape index (κ3) is 26.7. The summed E-state index contributed by atoms with van der Waals surface area (Å²) in [5.74, 6) is -0.0649. The molecule has 2 atom stereocenters. The number of carbonyl (C=O) groups excluding carboxylic acids is 1. The molecule has 0 radical (unpaired) electrons. The summed E-state index contributed by atoms with van der Waals surface area (Å²) in [6, 6.07) is -0.613. The molecule has 0 bridgehead atoms. The minimum Gasteiger partial charge on any atom is -0.394 e. The van der Waals surface area contributed by atoms with Crippen molar-refractivity contribution in [2.45, 2.75) is 193 Å². The molecule has 1 amide bonds. The number of amides is 1. The number of carbonyl (C=O) groups is 1. The number of aliphatic hydroxyl groups excluding tert-OH is 2. The molecule has 0 saturated carbocycles. The van der Waals surface area contributed by atoms with E-state index < -0.39 is 12.1 Å². The molecule has 0 aliphatic rings. The normalized spacial score (nSPS) is 13.3. The van der Waals surface area contributed by atoms with Crippen LogP contribution >= 0.6 is 0 Å². The van der Waals surface area contributed by atoms with Crippen molar-refractivity contribution >= 4 is 5.91 Å². The van der Waals surface area contributed by atoms with Gasteiger partial charge in [0.15, 0.2) is 0 Å². The zero-order chi connectivity index (χ0) is 27.9. The highest BCUT2D eigenvalue weighted by atomic mass is 16.3. The second-order valence-corrected chi connectivity index (χ2v) is 11.6. The van der Waals surface area contributed by atoms with Gasteiger partial charge in [-0.2, -0.15) is 0 Å². The van der Waals surface area contributed by atoms with Gasteiger partial charge < -0.3 is 15.5 Å². The highest BCUT2D eigenvalue weighted by Gasteiger charge is 2.17. The van der Waals surface area contributed by atoms with E-state index in [-0.39, 0.29) is 12.5 Å². The van der Waals surface area contributed by atoms with Gasteiger partial charge in [-0.15, -0.1) is 0 Å². The average Bonchev–Trinajstić information content (AvgIpc) is 2.92. The van der Waals surface area contributed by atoms with E-state index in [0.717, 1.165) is 25.7 Å². The molecular formula is C34H67NO3. The van der Waals surface area contributed by atoms with Crippen molar-refractivity contribution in [3.63, 3.8) is 0 Å². The van der Waals surface area contributed by atoms with Crippen LogP contribution in [0.25, 0.3) is 0 Å². The van der Waals surface area contributed by atoms with Crippen molar-refractivity contribution in [2.75, 3.05) is 6.61 Å². The second-order valence-electron chi connectivity index (χ2n) is 11.6. The van der Waals surface area contributed by atoms with Gasteiger partial charge in [-0.3, -0.25) is 4.79 Å². The SMILES string of the molecule is CCCCCCCCCCCCC/C=C/[C@H](O)[C@H](CO)NC(=O)CCCCCCCCCCCCCCC. The van der Waals surface area contributed by atoms with Crippen LogP contribution in [0.4, 0.5) is 0 Å². The summed E-state index contributed by atoms with van der Waals surface area (Å²) >= 11 is 0. The molecule has 0 saturated heterocycles. The Labute approximate surface area is 237 Å². The number of hydrogen-bond acceptors (Lipinski definition) is 3. The maximum absolute atomic E-state index is 12.2. The van der Waals surface area contributed by atoms with Crippen LogP contribution in [0.15, 0.2) is 12.2 Å². The van der Waals surface area contributed by atoms with Crippen LogP contribution in [0.5, 0.6) is 0 Å². The van der Waals surface area contributed by atoms with Crippen LogP contribution in [0.2, 0.25) is 0 Å². The van der Waals surface area contributed by atoms with Gasteiger partial charge in [0, 0.05) is 6.42 Å². The van der Waals surface area contributed by atoms with Gasteiger partial charge in [0.2, 0.25) is 5.91 Å². The van der Waals surface area contributed by atoms with Gasteiger partial charge in [-0.25, -0.2) is 0 Å². The van der Waals surface area contributed by atoms with Gasteiger partial charge >= 0.3 is 0 Å². The van der Waals surface area contributed by atoms with Crippen LogP contribution in [-0.4, -0.2) is 34.9 Å². The molecule has 0 spiro atoms. The van der Waals surface area contributed by atoms with Gasteiger partial charge in [0.05, 0.1) is 18.8 Å². The summed E-state index contributed by atoms with van der Waals surface area (Å²) in [4.78, 5) is 12.2. The summed E-state index contributed by atoms with van der Waals surface area (Å²) < 4.78 is 0. The Hall–Kier alpha value is -0.870. The Bertz CT molecular complexity index is 508. The highest BCUT2D eigenvalue weighted by Crippen LogP contribution is 2.14. The molecule has 0 aromatic rings. The molecule has 226 valence electrons. The monoisotopic (exact) mass is 538 g/mol. The molecule has 0 aromatic carbocycles. The van der Waals surface area contributed by atoms with E-state index in [1.165, 1.54) is 135 Å². The molecule has 0 rings (SSSR count).